The van der Waals surface area contributed by atoms with Crippen LogP contribution in [0.4, 0.5) is 0 Å². The van der Waals surface area contributed by atoms with E-state index in [9.17, 15) is 0 Å². The van der Waals surface area contributed by atoms with Crippen LogP contribution in [0.15, 0.2) is 95.3 Å². The van der Waals surface area contributed by atoms with Gasteiger partial charge in [0.05, 0.1) is 0 Å². The number of likely N-dealkylation sites (N-methyl/N-ethyl adjacent to an activating group) is 1. The van der Waals surface area contributed by atoms with E-state index in [-0.39, 0.29) is 10.8 Å². The summed E-state index contributed by atoms with van der Waals surface area (Å²) in [6.45, 7) is 22.2. The van der Waals surface area contributed by atoms with Crippen LogP contribution >= 0.6 is 0 Å². The number of allylic oxidation sites excluding steroid dienone is 13. The topological polar surface area (TPSA) is 3.24 Å². The lowest BCUT2D eigenvalue weighted by molar-refractivity contribution is 0.280. The summed E-state index contributed by atoms with van der Waals surface area (Å²) in [6, 6.07) is 0. The minimum atomic E-state index is 0.0728. The van der Waals surface area contributed by atoms with Crippen LogP contribution in [0, 0.1) is 22.2 Å². The Balaban J connectivity index is 2.01. The van der Waals surface area contributed by atoms with Gasteiger partial charge in [0, 0.05) is 19.3 Å². The highest BCUT2D eigenvalue weighted by atomic mass is 15.1. The average molecular weight is 556 g/mol. The third-order valence-corrected chi connectivity index (χ3v) is 9.73. The molecule has 41 heavy (non-hydrogen) atoms. The molecule has 0 atom stereocenters. The molecule has 3 aliphatic rings. The van der Waals surface area contributed by atoms with E-state index in [1.165, 1.54) is 67.4 Å². The quantitative estimate of drug-likeness (QED) is 0.191. The summed E-state index contributed by atoms with van der Waals surface area (Å²) in [4.78, 5) is 2.50. The molecule has 1 heterocycles. The Morgan fingerprint density at radius 1 is 1.00 bits per heavy atom. The molecule has 2 aliphatic carbocycles. The predicted octanol–water partition coefficient (Wildman–Crippen LogP) is 11.9. The van der Waals surface area contributed by atoms with Crippen molar-refractivity contribution in [2.45, 2.75) is 119 Å². The highest BCUT2D eigenvalue weighted by Gasteiger charge is 2.34. The molecule has 3 rings (SSSR count). The van der Waals surface area contributed by atoms with Crippen molar-refractivity contribution in [1.29, 1.82) is 0 Å². The average Bonchev–Trinajstić information content (AvgIpc) is 2.93. The molecule has 0 spiro atoms. The maximum absolute atomic E-state index is 4.34. The predicted molar refractivity (Wildman–Crippen MR) is 183 cm³/mol. The Morgan fingerprint density at radius 2 is 1.63 bits per heavy atom. The van der Waals surface area contributed by atoms with Crippen molar-refractivity contribution in [3.05, 3.63) is 95.3 Å². The first-order chi connectivity index (χ1) is 19.4. The second kappa shape index (κ2) is 14.8. The third-order valence-electron chi connectivity index (χ3n) is 9.73. The lowest BCUT2D eigenvalue weighted by atomic mass is 9.67. The third kappa shape index (κ3) is 9.36. The summed E-state index contributed by atoms with van der Waals surface area (Å²) < 4.78 is 0. The molecule has 0 unspecified atom stereocenters. The van der Waals surface area contributed by atoms with Gasteiger partial charge in [-0.15, -0.1) is 0 Å². The van der Waals surface area contributed by atoms with Gasteiger partial charge >= 0.3 is 0 Å². The number of hydrogen-bond donors (Lipinski definition) is 0. The van der Waals surface area contributed by atoms with Crippen LogP contribution < -0.4 is 0 Å². The van der Waals surface area contributed by atoms with E-state index in [4.69, 9.17) is 0 Å². The lowest BCUT2D eigenvalue weighted by Gasteiger charge is -2.37. The molecule has 0 aromatic rings. The van der Waals surface area contributed by atoms with E-state index in [0.29, 0.717) is 5.41 Å². The maximum Gasteiger partial charge on any atom is 0.0401 e. The van der Waals surface area contributed by atoms with Crippen LogP contribution in [-0.4, -0.2) is 18.5 Å². The Labute approximate surface area is 254 Å². The van der Waals surface area contributed by atoms with Crippen LogP contribution in [0.1, 0.15) is 119 Å². The molecule has 226 valence electrons. The van der Waals surface area contributed by atoms with Gasteiger partial charge in [-0.05, 0) is 109 Å². The second-order valence-electron chi connectivity index (χ2n) is 14.9. The molecular formula is C40H61N. The van der Waals surface area contributed by atoms with E-state index >= 15 is 0 Å². The zero-order chi connectivity index (χ0) is 30.1. The maximum atomic E-state index is 4.34. The van der Waals surface area contributed by atoms with Crippen molar-refractivity contribution in [3.63, 3.8) is 0 Å². The van der Waals surface area contributed by atoms with Crippen molar-refractivity contribution in [3.8, 4) is 0 Å². The molecule has 0 N–H and O–H groups in total. The van der Waals surface area contributed by atoms with Crippen LogP contribution in [-0.2, 0) is 0 Å². The van der Waals surface area contributed by atoms with Gasteiger partial charge in [0.2, 0.25) is 0 Å². The fourth-order valence-electron chi connectivity index (χ4n) is 6.77. The lowest BCUT2D eigenvalue weighted by Crippen LogP contribution is -2.26. The zero-order valence-corrected chi connectivity index (χ0v) is 28.0. The fourth-order valence-corrected chi connectivity index (χ4v) is 6.77. The molecule has 1 aliphatic heterocycles. The summed E-state index contributed by atoms with van der Waals surface area (Å²) >= 11 is 0. The number of hydrogen-bond acceptors (Lipinski definition) is 1. The summed E-state index contributed by atoms with van der Waals surface area (Å²) in [5, 5.41) is 0. The number of rotatable bonds is 10. The number of nitrogens with zero attached hydrogens (tertiary/aromatic N) is 1. The Hall–Kier alpha value is -2.28. The van der Waals surface area contributed by atoms with Gasteiger partial charge in [0.15, 0.2) is 0 Å². The van der Waals surface area contributed by atoms with E-state index in [2.05, 4.69) is 128 Å². The van der Waals surface area contributed by atoms with E-state index in [0.717, 1.165) is 38.1 Å². The summed E-state index contributed by atoms with van der Waals surface area (Å²) in [7, 11) is 2.29. The molecule has 1 saturated carbocycles. The first-order valence-electron chi connectivity index (χ1n) is 16.6. The van der Waals surface area contributed by atoms with E-state index in [1.54, 1.807) is 5.57 Å². The smallest absolute Gasteiger partial charge is 0.0401 e. The van der Waals surface area contributed by atoms with Crippen LogP contribution in [0.25, 0.3) is 0 Å². The second-order valence-corrected chi connectivity index (χ2v) is 14.9. The SMILES string of the molecule is C=C/C1=C(\C=C(/CC(C)(C)CCC/C=C\CC)C2CCC2)N(C)C/C=C2\C(=C/C1)C(C)(C)C/C=C\C=C/CC2(C)C. The monoisotopic (exact) mass is 555 g/mol. The van der Waals surface area contributed by atoms with Crippen LogP contribution in [0.3, 0.4) is 0 Å². The van der Waals surface area contributed by atoms with Crippen molar-refractivity contribution >= 4 is 0 Å². The van der Waals surface area contributed by atoms with Gasteiger partial charge in [-0.25, -0.2) is 0 Å². The summed E-state index contributed by atoms with van der Waals surface area (Å²) in [6.07, 6.45) is 36.8. The van der Waals surface area contributed by atoms with Gasteiger partial charge in [-0.1, -0.05) is 122 Å². The van der Waals surface area contributed by atoms with Crippen LogP contribution in [0.2, 0.25) is 0 Å². The largest absolute Gasteiger partial charge is 0.371 e. The molecular weight excluding hydrogens is 494 g/mol. The molecule has 0 aromatic carbocycles. The normalized spacial score (nSPS) is 28.2. The minimum Gasteiger partial charge on any atom is -0.371 e. The zero-order valence-electron chi connectivity index (χ0n) is 28.0. The Bertz CT molecular complexity index is 1100. The van der Waals surface area contributed by atoms with Gasteiger partial charge in [0.1, 0.15) is 0 Å². The first kappa shape index (κ1) is 33.2. The number of fused-ring (bicyclic) bond motifs is 1. The van der Waals surface area contributed by atoms with Crippen molar-refractivity contribution in [2.75, 3.05) is 13.6 Å². The molecule has 1 fully saturated rings. The van der Waals surface area contributed by atoms with Gasteiger partial charge in [-0.2, -0.15) is 0 Å². The fraction of sp³-hybridized carbons (Fsp3) is 0.600. The summed E-state index contributed by atoms with van der Waals surface area (Å²) in [5.74, 6) is 0.740. The Kier molecular flexibility index (Phi) is 12.0. The Morgan fingerprint density at radius 3 is 2.20 bits per heavy atom. The number of unbranched alkanes of at least 4 members (excludes halogenated alkanes) is 1. The van der Waals surface area contributed by atoms with E-state index < -0.39 is 0 Å². The first-order valence-corrected chi connectivity index (χ1v) is 16.6. The van der Waals surface area contributed by atoms with Crippen LogP contribution in [0.5, 0.6) is 0 Å². The minimum absolute atomic E-state index is 0.0728. The van der Waals surface area contributed by atoms with Gasteiger partial charge in [-0.3, -0.25) is 0 Å². The van der Waals surface area contributed by atoms with Crippen molar-refractivity contribution in [2.24, 2.45) is 22.2 Å². The molecule has 0 aromatic heterocycles. The van der Waals surface area contributed by atoms with Crippen molar-refractivity contribution < 1.29 is 0 Å². The molecule has 1 nitrogen and oxygen atoms in total. The van der Waals surface area contributed by atoms with E-state index in [1.807, 2.05) is 0 Å². The van der Waals surface area contributed by atoms with Gasteiger partial charge in [0.25, 0.3) is 0 Å². The molecule has 1 heteroatoms. The molecule has 0 amide bonds. The highest BCUT2D eigenvalue weighted by Crippen LogP contribution is 2.47. The molecule has 0 radical (unpaired) electrons. The molecule has 0 bridgehead atoms. The highest BCUT2D eigenvalue weighted by molar-refractivity contribution is 5.45. The van der Waals surface area contributed by atoms with Crippen molar-refractivity contribution in [1.82, 2.24) is 4.90 Å². The summed E-state index contributed by atoms with van der Waals surface area (Å²) in [5.41, 5.74) is 7.89. The standard InChI is InChI=1S/C40H61N/c1-10-12-13-14-17-26-38(3,4)31-34(33-21-20-22-33)30-37-32(11-2)23-24-35-36(25-29-41(37)9)40(7,8)28-19-16-15-18-27-39(35,5)6/h11-13,15-16,18-19,24-25,30,33H,2,10,14,17,20-23,26-29,31H2,1,3-9H3/b13-12-,18-15-,19-16-,34-30+,35-24+,36-25+,37-32-. The van der Waals surface area contributed by atoms with Gasteiger partial charge < -0.3 is 4.90 Å². The molecule has 0 saturated heterocycles.